The van der Waals surface area contributed by atoms with E-state index in [0.29, 0.717) is 19.1 Å². The highest BCUT2D eigenvalue weighted by molar-refractivity contribution is 5.79. The van der Waals surface area contributed by atoms with Gasteiger partial charge < -0.3 is 14.4 Å². The fraction of sp³-hybridized carbons (Fsp3) is 0.481. The van der Waals surface area contributed by atoms with Gasteiger partial charge in [-0.2, -0.15) is 0 Å². The second-order valence-corrected chi connectivity index (χ2v) is 8.85. The lowest BCUT2D eigenvalue weighted by Gasteiger charge is -2.41. The summed E-state index contributed by atoms with van der Waals surface area (Å²) in [4.78, 5) is 26.9. The van der Waals surface area contributed by atoms with Crippen LogP contribution in [0, 0.1) is 5.92 Å². The molecule has 1 aliphatic heterocycles. The van der Waals surface area contributed by atoms with Crippen LogP contribution in [0.15, 0.2) is 60.7 Å². The van der Waals surface area contributed by atoms with E-state index in [1.807, 2.05) is 41.3 Å². The second kappa shape index (κ2) is 12.4. The third-order valence-electron chi connectivity index (χ3n) is 5.98. The van der Waals surface area contributed by atoms with E-state index in [9.17, 15) is 9.59 Å². The van der Waals surface area contributed by atoms with E-state index >= 15 is 0 Å². The average Bonchev–Trinajstić information content (AvgIpc) is 2.81. The number of esters is 1. The molecule has 1 heterocycles. The molecule has 1 atom stereocenters. The number of benzene rings is 2. The Morgan fingerprint density at radius 1 is 0.938 bits per heavy atom. The summed E-state index contributed by atoms with van der Waals surface area (Å²) in [6.45, 7) is 4.96. The molecule has 0 N–H and O–H groups in total. The van der Waals surface area contributed by atoms with Crippen LogP contribution in [0.3, 0.4) is 0 Å². The number of piperidine rings is 1. The lowest BCUT2D eigenvalue weighted by atomic mass is 9.80. The van der Waals surface area contributed by atoms with Crippen molar-refractivity contribution in [1.82, 2.24) is 4.90 Å². The third kappa shape index (κ3) is 6.92. The number of ether oxygens (including phenoxy) is 2. The maximum absolute atomic E-state index is 13.1. The number of nitrogens with zero attached hydrogens (tertiary/aromatic N) is 1. The molecule has 0 saturated carbocycles. The van der Waals surface area contributed by atoms with E-state index in [0.717, 1.165) is 25.7 Å². The lowest BCUT2D eigenvalue weighted by Crippen LogP contribution is -2.48. The van der Waals surface area contributed by atoms with Crippen molar-refractivity contribution in [1.29, 1.82) is 0 Å². The molecule has 1 amide bonds. The Morgan fingerprint density at radius 2 is 1.56 bits per heavy atom. The smallest absolute Gasteiger partial charge is 0.332 e. The Kier molecular flexibility index (Phi) is 9.29. The fourth-order valence-electron chi connectivity index (χ4n) is 4.33. The van der Waals surface area contributed by atoms with Gasteiger partial charge in [0.2, 0.25) is 5.91 Å². The van der Waals surface area contributed by atoms with Crippen LogP contribution >= 0.6 is 0 Å². The Morgan fingerprint density at radius 3 is 2.16 bits per heavy atom. The molecule has 3 rings (SSSR count). The average molecular weight is 438 g/mol. The standard InChI is InChI=1S/C27H35NO4/c1-21(2)16-18-32-26(30)20-31-19-25(29)28-17-10-9-15-24(28)27(22-11-5-3-6-12-22)23-13-7-4-8-14-23/h3-8,11-14,21,24,27H,9-10,15-20H2,1-2H3. The van der Waals surface area contributed by atoms with Crippen molar-refractivity contribution >= 4 is 11.9 Å². The Labute approximate surface area is 191 Å². The number of carbonyl (C=O) groups excluding carboxylic acids is 2. The van der Waals surface area contributed by atoms with Gasteiger partial charge in [0.15, 0.2) is 0 Å². The summed E-state index contributed by atoms with van der Waals surface area (Å²) in [5.74, 6) is 0.0905. The first-order chi connectivity index (χ1) is 15.6. The van der Waals surface area contributed by atoms with Gasteiger partial charge in [0, 0.05) is 18.5 Å². The van der Waals surface area contributed by atoms with Crippen LogP contribution in [0.25, 0.3) is 0 Å². The summed E-state index contributed by atoms with van der Waals surface area (Å²) in [6.07, 6.45) is 3.83. The van der Waals surface area contributed by atoms with Gasteiger partial charge >= 0.3 is 5.97 Å². The van der Waals surface area contributed by atoms with Crippen LogP contribution in [-0.4, -0.2) is 49.2 Å². The molecule has 5 nitrogen and oxygen atoms in total. The van der Waals surface area contributed by atoms with Gasteiger partial charge in [-0.3, -0.25) is 4.79 Å². The van der Waals surface area contributed by atoms with Crippen LogP contribution in [0.1, 0.15) is 56.6 Å². The van der Waals surface area contributed by atoms with E-state index < -0.39 is 5.97 Å². The minimum Gasteiger partial charge on any atom is -0.464 e. The van der Waals surface area contributed by atoms with E-state index in [2.05, 4.69) is 38.1 Å². The summed E-state index contributed by atoms with van der Waals surface area (Å²) in [5, 5.41) is 0. The van der Waals surface area contributed by atoms with Crippen LogP contribution in [-0.2, 0) is 19.1 Å². The van der Waals surface area contributed by atoms with Gasteiger partial charge in [0.05, 0.1) is 6.61 Å². The van der Waals surface area contributed by atoms with Crippen molar-refractivity contribution in [2.75, 3.05) is 26.4 Å². The van der Waals surface area contributed by atoms with E-state index in [1.165, 1.54) is 11.1 Å². The molecule has 0 spiro atoms. The molecule has 1 saturated heterocycles. The Hall–Kier alpha value is -2.66. The molecular weight excluding hydrogens is 402 g/mol. The predicted octanol–water partition coefficient (Wildman–Crippen LogP) is 4.81. The highest BCUT2D eigenvalue weighted by Gasteiger charge is 2.34. The fourth-order valence-corrected chi connectivity index (χ4v) is 4.33. The first kappa shape index (κ1) is 24.0. The highest BCUT2D eigenvalue weighted by atomic mass is 16.6. The number of carbonyl (C=O) groups is 2. The van der Waals surface area contributed by atoms with Crippen LogP contribution in [0.2, 0.25) is 0 Å². The molecule has 0 aromatic heterocycles. The second-order valence-electron chi connectivity index (χ2n) is 8.85. The van der Waals surface area contributed by atoms with Crippen LogP contribution < -0.4 is 0 Å². The summed E-state index contributed by atoms with van der Waals surface area (Å²) < 4.78 is 10.6. The summed E-state index contributed by atoms with van der Waals surface area (Å²) >= 11 is 0. The Balaban J connectivity index is 1.66. The van der Waals surface area contributed by atoms with Crippen molar-refractivity contribution in [3.05, 3.63) is 71.8 Å². The zero-order valence-electron chi connectivity index (χ0n) is 19.2. The van der Waals surface area contributed by atoms with Crippen molar-refractivity contribution in [2.24, 2.45) is 5.92 Å². The molecule has 1 aliphatic rings. The van der Waals surface area contributed by atoms with Gasteiger partial charge in [0.1, 0.15) is 13.2 Å². The minimum atomic E-state index is -0.417. The van der Waals surface area contributed by atoms with E-state index in [4.69, 9.17) is 9.47 Å². The third-order valence-corrected chi connectivity index (χ3v) is 5.98. The zero-order valence-corrected chi connectivity index (χ0v) is 19.2. The van der Waals surface area contributed by atoms with E-state index in [-0.39, 0.29) is 31.1 Å². The maximum atomic E-state index is 13.1. The van der Waals surface area contributed by atoms with E-state index in [1.54, 1.807) is 0 Å². The molecule has 1 fully saturated rings. The largest absolute Gasteiger partial charge is 0.464 e. The molecule has 5 heteroatoms. The van der Waals surface area contributed by atoms with Crippen molar-refractivity contribution in [3.8, 4) is 0 Å². The number of rotatable bonds is 10. The lowest BCUT2D eigenvalue weighted by molar-refractivity contribution is -0.152. The number of amides is 1. The molecule has 2 aromatic carbocycles. The quantitative estimate of drug-likeness (QED) is 0.501. The van der Waals surface area contributed by atoms with Crippen molar-refractivity contribution < 1.29 is 19.1 Å². The van der Waals surface area contributed by atoms with Gasteiger partial charge in [-0.05, 0) is 42.7 Å². The molecule has 0 bridgehead atoms. The predicted molar refractivity (Wildman–Crippen MR) is 125 cm³/mol. The van der Waals surface area contributed by atoms with Crippen molar-refractivity contribution in [3.63, 3.8) is 0 Å². The van der Waals surface area contributed by atoms with Gasteiger partial charge in [-0.1, -0.05) is 74.5 Å². The molecule has 0 aliphatic carbocycles. The monoisotopic (exact) mass is 437 g/mol. The Bertz CT molecular complexity index is 798. The molecular formula is C27H35NO4. The zero-order chi connectivity index (χ0) is 22.8. The highest BCUT2D eigenvalue weighted by Crippen LogP contribution is 2.35. The molecule has 1 unspecified atom stereocenters. The first-order valence-electron chi connectivity index (χ1n) is 11.7. The molecule has 172 valence electrons. The SMILES string of the molecule is CC(C)CCOC(=O)COCC(=O)N1CCCCC1C(c1ccccc1)c1ccccc1. The van der Waals surface area contributed by atoms with Gasteiger partial charge in [-0.15, -0.1) is 0 Å². The first-order valence-corrected chi connectivity index (χ1v) is 11.7. The topological polar surface area (TPSA) is 55.8 Å². The number of likely N-dealkylation sites (tertiary alicyclic amines) is 1. The summed E-state index contributed by atoms with van der Waals surface area (Å²) in [5.41, 5.74) is 2.41. The summed E-state index contributed by atoms with van der Waals surface area (Å²) in [7, 11) is 0. The number of hydrogen-bond donors (Lipinski definition) is 0. The van der Waals surface area contributed by atoms with Gasteiger partial charge in [0.25, 0.3) is 0 Å². The summed E-state index contributed by atoms with van der Waals surface area (Å²) in [6, 6.07) is 20.8. The molecule has 32 heavy (non-hydrogen) atoms. The molecule has 2 aromatic rings. The van der Waals surface area contributed by atoms with Gasteiger partial charge in [-0.25, -0.2) is 4.79 Å². The minimum absolute atomic E-state index is 0.0580. The van der Waals surface area contributed by atoms with Crippen LogP contribution in [0.4, 0.5) is 0 Å². The van der Waals surface area contributed by atoms with Crippen LogP contribution in [0.5, 0.6) is 0 Å². The normalized spacial score (nSPS) is 16.4. The number of hydrogen-bond acceptors (Lipinski definition) is 4. The van der Waals surface area contributed by atoms with Crippen molar-refractivity contribution in [2.45, 2.75) is 51.5 Å². The maximum Gasteiger partial charge on any atom is 0.332 e. The molecule has 0 radical (unpaired) electrons.